The first-order valence-corrected chi connectivity index (χ1v) is 11.6. The number of benzene rings is 2. The predicted molar refractivity (Wildman–Crippen MR) is 133 cm³/mol. The first-order chi connectivity index (χ1) is 15.8. The van der Waals surface area contributed by atoms with Crippen molar-refractivity contribution in [2.24, 2.45) is 0 Å². The predicted octanol–water partition coefficient (Wildman–Crippen LogP) is 4.48. The van der Waals surface area contributed by atoms with E-state index in [1.165, 1.54) is 5.69 Å². The van der Waals surface area contributed by atoms with Crippen molar-refractivity contribution in [2.75, 3.05) is 18.0 Å². The van der Waals surface area contributed by atoms with Crippen LogP contribution in [0.2, 0.25) is 0 Å². The highest BCUT2D eigenvalue weighted by Crippen LogP contribution is 2.30. The van der Waals surface area contributed by atoms with Crippen LogP contribution in [0.5, 0.6) is 0 Å². The van der Waals surface area contributed by atoms with Crippen LogP contribution in [-0.4, -0.2) is 44.9 Å². The molecule has 0 saturated carbocycles. The minimum Gasteiger partial charge on any atom is -0.386 e. The summed E-state index contributed by atoms with van der Waals surface area (Å²) in [5.74, 6) is 0. The minimum atomic E-state index is -0.897. The average molecular weight is 442 g/mol. The Labute approximate surface area is 194 Å². The zero-order chi connectivity index (χ0) is 23.2. The summed E-state index contributed by atoms with van der Waals surface area (Å²) in [6.07, 6.45) is 5.77. The van der Waals surface area contributed by atoms with Crippen LogP contribution in [0.1, 0.15) is 33.3 Å². The molecule has 0 radical (unpaired) electrons. The third-order valence-corrected chi connectivity index (χ3v) is 6.56. The van der Waals surface area contributed by atoms with Crippen molar-refractivity contribution in [1.82, 2.24) is 19.9 Å². The van der Waals surface area contributed by atoms with E-state index < -0.39 is 5.60 Å². The fourth-order valence-electron chi connectivity index (χ4n) is 4.76. The van der Waals surface area contributed by atoms with Crippen molar-refractivity contribution in [3.8, 4) is 22.3 Å². The summed E-state index contributed by atoms with van der Waals surface area (Å²) in [6, 6.07) is 17.6. The average Bonchev–Trinajstić information content (AvgIpc) is 3.22. The lowest BCUT2D eigenvalue weighted by molar-refractivity contribution is 0.0786. The standard InChI is InChI=1S/C27H31N5O/c1-18-13-28-14-19(2)32(18)24-10-8-20(9-11-24)22-15-29-26-25(16-30-31(26)17-22)21-6-5-7-23(12-21)27(3,4)33/h5-12,15-19,28,33H,13-14H2,1-4H3/t18-,19+. The molecule has 1 saturated heterocycles. The van der Waals surface area contributed by atoms with Gasteiger partial charge in [-0.2, -0.15) is 5.10 Å². The Bertz CT molecular complexity index is 1260. The number of hydrogen-bond acceptors (Lipinski definition) is 5. The van der Waals surface area contributed by atoms with Gasteiger partial charge in [0.25, 0.3) is 0 Å². The normalized spacial score (nSPS) is 19.2. The molecule has 0 unspecified atom stereocenters. The maximum Gasteiger partial charge on any atom is 0.162 e. The van der Waals surface area contributed by atoms with Crippen LogP contribution in [0, 0.1) is 0 Å². The molecule has 33 heavy (non-hydrogen) atoms. The molecule has 0 amide bonds. The van der Waals surface area contributed by atoms with Crippen LogP contribution in [0.15, 0.2) is 67.1 Å². The third-order valence-electron chi connectivity index (χ3n) is 6.56. The molecule has 2 N–H and O–H groups in total. The smallest absolute Gasteiger partial charge is 0.162 e. The highest BCUT2D eigenvalue weighted by molar-refractivity contribution is 5.78. The largest absolute Gasteiger partial charge is 0.386 e. The number of rotatable bonds is 4. The van der Waals surface area contributed by atoms with Gasteiger partial charge in [0.15, 0.2) is 5.65 Å². The molecule has 170 valence electrons. The Hall–Kier alpha value is -3.22. The van der Waals surface area contributed by atoms with Crippen molar-refractivity contribution < 1.29 is 5.11 Å². The Morgan fingerprint density at radius 2 is 1.67 bits per heavy atom. The van der Waals surface area contributed by atoms with Gasteiger partial charge in [-0.05, 0) is 62.6 Å². The summed E-state index contributed by atoms with van der Waals surface area (Å²) < 4.78 is 1.83. The SMILES string of the molecule is C[C@@H]1CNC[C@H](C)N1c1ccc(-c2cnc3c(-c4cccc(C(C)(C)O)c4)cnn3c2)cc1. The summed E-state index contributed by atoms with van der Waals surface area (Å²) in [6.45, 7) is 10.1. The highest BCUT2D eigenvalue weighted by Gasteiger charge is 2.24. The Morgan fingerprint density at radius 1 is 0.939 bits per heavy atom. The van der Waals surface area contributed by atoms with Gasteiger partial charge in [-0.25, -0.2) is 9.50 Å². The van der Waals surface area contributed by atoms with Crippen LogP contribution >= 0.6 is 0 Å². The van der Waals surface area contributed by atoms with E-state index in [4.69, 9.17) is 4.98 Å². The van der Waals surface area contributed by atoms with Crippen LogP contribution in [-0.2, 0) is 5.60 Å². The fraction of sp³-hybridized carbons (Fsp3) is 0.333. The van der Waals surface area contributed by atoms with Crippen LogP contribution in [0.25, 0.3) is 27.9 Å². The summed E-state index contributed by atoms with van der Waals surface area (Å²) >= 11 is 0. The molecular formula is C27H31N5O. The maximum atomic E-state index is 10.4. The number of hydrogen-bond donors (Lipinski definition) is 2. The Balaban J connectivity index is 1.44. The second-order valence-electron chi connectivity index (χ2n) is 9.62. The molecular weight excluding hydrogens is 410 g/mol. The van der Waals surface area contributed by atoms with Gasteiger partial charge in [0.05, 0.1) is 11.8 Å². The van der Waals surface area contributed by atoms with E-state index in [2.05, 4.69) is 53.4 Å². The van der Waals surface area contributed by atoms with Gasteiger partial charge in [-0.15, -0.1) is 0 Å². The summed E-state index contributed by atoms with van der Waals surface area (Å²) in [7, 11) is 0. The number of aromatic nitrogens is 3. The van der Waals surface area contributed by atoms with Gasteiger partial charge in [0.2, 0.25) is 0 Å². The van der Waals surface area contributed by atoms with Crippen molar-refractivity contribution >= 4 is 11.3 Å². The number of piperazine rings is 1. The van der Waals surface area contributed by atoms with E-state index in [9.17, 15) is 5.11 Å². The monoisotopic (exact) mass is 441 g/mol. The molecule has 1 fully saturated rings. The van der Waals surface area contributed by atoms with E-state index in [1.54, 1.807) is 13.8 Å². The molecule has 2 aromatic carbocycles. The zero-order valence-electron chi connectivity index (χ0n) is 19.7. The molecule has 3 heterocycles. The molecule has 1 aliphatic heterocycles. The Kier molecular flexibility index (Phi) is 5.43. The zero-order valence-corrected chi connectivity index (χ0v) is 19.7. The van der Waals surface area contributed by atoms with Gasteiger partial charge < -0.3 is 15.3 Å². The number of anilines is 1. The lowest BCUT2D eigenvalue weighted by Crippen LogP contribution is -2.55. The maximum absolute atomic E-state index is 10.4. The van der Waals surface area contributed by atoms with Gasteiger partial charge in [-0.3, -0.25) is 0 Å². The molecule has 4 aromatic rings. The molecule has 0 spiro atoms. The van der Waals surface area contributed by atoms with Crippen molar-refractivity contribution in [3.63, 3.8) is 0 Å². The number of fused-ring (bicyclic) bond motifs is 1. The lowest BCUT2D eigenvalue weighted by atomic mass is 9.95. The molecule has 2 aromatic heterocycles. The van der Waals surface area contributed by atoms with E-state index in [1.807, 2.05) is 47.4 Å². The first-order valence-electron chi connectivity index (χ1n) is 11.6. The summed E-state index contributed by atoms with van der Waals surface area (Å²) in [4.78, 5) is 7.23. The molecule has 0 bridgehead atoms. The molecule has 1 aliphatic rings. The van der Waals surface area contributed by atoms with E-state index >= 15 is 0 Å². The van der Waals surface area contributed by atoms with E-state index in [0.717, 1.165) is 46.6 Å². The highest BCUT2D eigenvalue weighted by atomic mass is 16.3. The van der Waals surface area contributed by atoms with Crippen LogP contribution < -0.4 is 10.2 Å². The second-order valence-corrected chi connectivity index (χ2v) is 9.62. The second kappa shape index (κ2) is 8.28. The van der Waals surface area contributed by atoms with Crippen LogP contribution in [0.3, 0.4) is 0 Å². The minimum absolute atomic E-state index is 0.468. The molecule has 2 atom stereocenters. The van der Waals surface area contributed by atoms with Crippen molar-refractivity contribution in [3.05, 3.63) is 72.7 Å². The van der Waals surface area contributed by atoms with Gasteiger partial charge in [0.1, 0.15) is 0 Å². The topological polar surface area (TPSA) is 65.7 Å². The molecule has 0 aliphatic carbocycles. The molecule has 5 rings (SSSR count). The summed E-state index contributed by atoms with van der Waals surface area (Å²) in [5.41, 5.74) is 6.10. The van der Waals surface area contributed by atoms with Gasteiger partial charge in [0, 0.05) is 54.4 Å². The molecule has 6 nitrogen and oxygen atoms in total. The first kappa shape index (κ1) is 21.6. The number of nitrogens with one attached hydrogen (secondary N) is 1. The van der Waals surface area contributed by atoms with Crippen molar-refractivity contribution in [1.29, 1.82) is 0 Å². The fourth-order valence-corrected chi connectivity index (χ4v) is 4.76. The third kappa shape index (κ3) is 4.12. The molecule has 6 heteroatoms. The van der Waals surface area contributed by atoms with Crippen molar-refractivity contribution in [2.45, 2.75) is 45.4 Å². The number of nitrogens with zero attached hydrogens (tertiary/aromatic N) is 4. The van der Waals surface area contributed by atoms with E-state index in [0.29, 0.717) is 12.1 Å². The van der Waals surface area contributed by atoms with Crippen LogP contribution in [0.4, 0.5) is 5.69 Å². The lowest BCUT2D eigenvalue weighted by Gasteiger charge is -2.41. The summed E-state index contributed by atoms with van der Waals surface area (Å²) in [5, 5.41) is 18.4. The van der Waals surface area contributed by atoms with Gasteiger partial charge >= 0.3 is 0 Å². The number of aliphatic hydroxyl groups is 1. The van der Waals surface area contributed by atoms with E-state index in [-0.39, 0.29) is 0 Å². The van der Waals surface area contributed by atoms with Gasteiger partial charge in [-0.1, -0.05) is 30.3 Å². The quantitative estimate of drug-likeness (QED) is 0.489. The Morgan fingerprint density at radius 3 is 2.36 bits per heavy atom.